The number of nitrogens with zero attached hydrogens (tertiary/aromatic N) is 1. The first-order valence-corrected chi connectivity index (χ1v) is 9.93. The maximum Gasteiger partial charge on any atom is 0.261 e. The molecule has 0 spiro atoms. The van der Waals surface area contributed by atoms with Gasteiger partial charge in [-0.2, -0.15) is 0 Å². The molecule has 0 aliphatic heterocycles. The van der Waals surface area contributed by atoms with E-state index in [1.807, 2.05) is 42.5 Å². The Morgan fingerprint density at radius 3 is 2.48 bits per heavy atom. The number of amides is 2. The van der Waals surface area contributed by atoms with Gasteiger partial charge in [-0.1, -0.05) is 43.7 Å². The van der Waals surface area contributed by atoms with Crippen molar-refractivity contribution in [1.82, 2.24) is 10.2 Å². The third-order valence-electron chi connectivity index (χ3n) is 4.59. The molecule has 1 unspecified atom stereocenters. The molecule has 0 aliphatic carbocycles. The second kappa shape index (κ2) is 11.7. The molecular formula is C23H30N2O4. The van der Waals surface area contributed by atoms with Gasteiger partial charge in [-0.25, -0.2) is 0 Å². The van der Waals surface area contributed by atoms with E-state index in [9.17, 15) is 9.59 Å². The summed E-state index contributed by atoms with van der Waals surface area (Å²) in [5, 5.41) is 2.90. The molecule has 0 saturated heterocycles. The van der Waals surface area contributed by atoms with Crippen molar-refractivity contribution in [2.75, 3.05) is 20.3 Å². The summed E-state index contributed by atoms with van der Waals surface area (Å²) in [5.41, 5.74) is 0.880. The molecule has 2 aromatic rings. The lowest BCUT2D eigenvalue weighted by Gasteiger charge is -2.29. The molecule has 0 radical (unpaired) electrons. The summed E-state index contributed by atoms with van der Waals surface area (Å²) in [5.74, 6) is 0.891. The minimum absolute atomic E-state index is 0.138. The largest absolute Gasteiger partial charge is 0.497 e. The van der Waals surface area contributed by atoms with E-state index >= 15 is 0 Å². The van der Waals surface area contributed by atoms with Crippen molar-refractivity contribution in [1.29, 1.82) is 0 Å². The van der Waals surface area contributed by atoms with Crippen LogP contribution in [-0.2, 0) is 16.1 Å². The van der Waals surface area contributed by atoms with Crippen molar-refractivity contribution < 1.29 is 19.1 Å². The Morgan fingerprint density at radius 1 is 1.07 bits per heavy atom. The van der Waals surface area contributed by atoms with Crippen LogP contribution in [0.1, 0.15) is 32.3 Å². The minimum Gasteiger partial charge on any atom is -0.497 e. The van der Waals surface area contributed by atoms with Crippen LogP contribution in [0.2, 0.25) is 0 Å². The van der Waals surface area contributed by atoms with Gasteiger partial charge >= 0.3 is 0 Å². The van der Waals surface area contributed by atoms with E-state index in [4.69, 9.17) is 9.47 Å². The summed E-state index contributed by atoms with van der Waals surface area (Å²) in [4.78, 5) is 27.1. The summed E-state index contributed by atoms with van der Waals surface area (Å²) in [6.07, 6.45) is 1.89. The molecule has 0 aliphatic rings. The van der Waals surface area contributed by atoms with Crippen LogP contribution in [0.3, 0.4) is 0 Å². The fraction of sp³-hybridized carbons (Fsp3) is 0.391. The third kappa shape index (κ3) is 7.14. The number of hydrogen-bond acceptors (Lipinski definition) is 4. The Hall–Kier alpha value is -3.02. The number of nitrogens with one attached hydrogen (secondary N) is 1. The second-order valence-corrected chi connectivity index (χ2v) is 6.80. The Balaban J connectivity index is 2.12. The fourth-order valence-electron chi connectivity index (χ4n) is 2.83. The zero-order valence-corrected chi connectivity index (χ0v) is 17.4. The van der Waals surface area contributed by atoms with Crippen LogP contribution in [0.25, 0.3) is 0 Å². The van der Waals surface area contributed by atoms with Crippen molar-refractivity contribution in [2.24, 2.45) is 0 Å². The lowest BCUT2D eigenvalue weighted by atomic mass is 10.1. The predicted octanol–water partition coefficient (Wildman–Crippen LogP) is 3.41. The molecule has 0 heterocycles. The predicted molar refractivity (Wildman–Crippen MR) is 113 cm³/mol. The minimum atomic E-state index is -0.620. The molecule has 0 bridgehead atoms. The van der Waals surface area contributed by atoms with Crippen LogP contribution in [0.15, 0.2) is 54.6 Å². The van der Waals surface area contributed by atoms with Gasteiger partial charge in [0.05, 0.1) is 7.11 Å². The van der Waals surface area contributed by atoms with Crippen LogP contribution in [-0.4, -0.2) is 43.0 Å². The van der Waals surface area contributed by atoms with Crippen molar-refractivity contribution in [3.05, 3.63) is 60.2 Å². The second-order valence-electron chi connectivity index (χ2n) is 6.80. The van der Waals surface area contributed by atoms with Crippen LogP contribution in [0.4, 0.5) is 0 Å². The maximum absolute atomic E-state index is 12.9. The summed E-state index contributed by atoms with van der Waals surface area (Å²) in [6.45, 7) is 4.55. The highest BCUT2D eigenvalue weighted by Gasteiger charge is 2.26. The van der Waals surface area contributed by atoms with Crippen molar-refractivity contribution in [3.63, 3.8) is 0 Å². The van der Waals surface area contributed by atoms with Gasteiger partial charge in [0.1, 0.15) is 17.5 Å². The van der Waals surface area contributed by atoms with Crippen LogP contribution >= 0.6 is 0 Å². The molecular weight excluding hydrogens is 368 g/mol. The highest BCUT2D eigenvalue weighted by atomic mass is 16.5. The van der Waals surface area contributed by atoms with Gasteiger partial charge in [-0.3, -0.25) is 9.59 Å². The van der Waals surface area contributed by atoms with E-state index in [0.717, 1.165) is 18.4 Å². The monoisotopic (exact) mass is 398 g/mol. The molecule has 2 rings (SSSR count). The van der Waals surface area contributed by atoms with Gasteiger partial charge in [-0.05, 0) is 43.2 Å². The number of ether oxygens (including phenoxy) is 2. The normalized spacial score (nSPS) is 11.4. The number of unbranched alkanes of at least 4 members (excludes halogenated alkanes) is 1. The standard InChI is InChI=1S/C23H30N2O4/c1-4-5-14-24-23(27)18(2)25(16-19-10-9-13-21(15-19)28-3)22(26)17-29-20-11-7-6-8-12-20/h6-13,15,18H,4-5,14,16-17H2,1-3H3,(H,24,27). The van der Waals surface area contributed by atoms with E-state index in [1.165, 1.54) is 0 Å². The van der Waals surface area contributed by atoms with Gasteiger partial charge in [-0.15, -0.1) is 0 Å². The topological polar surface area (TPSA) is 67.9 Å². The number of para-hydroxylation sites is 1. The quantitative estimate of drug-likeness (QED) is 0.589. The van der Waals surface area contributed by atoms with E-state index in [1.54, 1.807) is 31.1 Å². The summed E-state index contributed by atoms with van der Waals surface area (Å²) < 4.78 is 10.9. The fourth-order valence-corrected chi connectivity index (χ4v) is 2.83. The number of hydrogen-bond donors (Lipinski definition) is 1. The Labute approximate surface area is 172 Å². The molecule has 6 heteroatoms. The van der Waals surface area contributed by atoms with E-state index in [0.29, 0.717) is 18.0 Å². The zero-order valence-electron chi connectivity index (χ0n) is 17.4. The first kappa shape index (κ1) is 22.3. The van der Waals surface area contributed by atoms with Gasteiger partial charge in [0, 0.05) is 13.1 Å². The SMILES string of the molecule is CCCCNC(=O)C(C)N(Cc1cccc(OC)c1)C(=O)COc1ccccc1. The molecule has 156 valence electrons. The highest BCUT2D eigenvalue weighted by molar-refractivity contribution is 5.87. The Kier molecular flexibility index (Phi) is 9.02. The molecule has 2 aromatic carbocycles. The van der Waals surface area contributed by atoms with Gasteiger partial charge in [0.25, 0.3) is 5.91 Å². The number of carbonyl (C=O) groups excluding carboxylic acids is 2. The number of carbonyl (C=O) groups is 2. The first-order chi connectivity index (χ1) is 14.0. The van der Waals surface area contributed by atoms with E-state index in [2.05, 4.69) is 12.2 Å². The zero-order chi connectivity index (χ0) is 21.1. The average Bonchev–Trinajstić information content (AvgIpc) is 2.76. The van der Waals surface area contributed by atoms with Crippen molar-refractivity contribution in [3.8, 4) is 11.5 Å². The van der Waals surface area contributed by atoms with E-state index in [-0.39, 0.29) is 25.0 Å². The molecule has 0 aromatic heterocycles. The molecule has 1 N–H and O–H groups in total. The Morgan fingerprint density at radius 2 is 1.79 bits per heavy atom. The molecule has 1 atom stereocenters. The van der Waals surface area contributed by atoms with Crippen molar-refractivity contribution >= 4 is 11.8 Å². The number of benzene rings is 2. The van der Waals surface area contributed by atoms with Crippen LogP contribution in [0.5, 0.6) is 11.5 Å². The summed E-state index contributed by atoms with van der Waals surface area (Å²) >= 11 is 0. The third-order valence-corrected chi connectivity index (χ3v) is 4.59. The molecule has 2 amide bonds. The Bertz CT molecular complexity index is 779. The molecule has 29 heavy (non-hydrogen) atoms. The van der Waals surface area contributed by atoms with Crippen LogP contribution < -0.4 is 14.8 Å². The molecule has 0 saturated carbocycles. The van der Waals surface area contributed by atoms with Gasteiger partial charge < -0.3 is 19.7 Å². The van der Waals surface area contributed by atoms with Crippen LogP contribution in [0, 0.1) is 0 Å². The molecule has 0 fully saturated rings. The average molecular weight is 399 g/mol. The first-order valence-electron chi connectivity index (χ1n) is 9.93. The number of methoxy groups -OCH3 is 1. The summed E-state index contributed by atoms with van der Waals surface area (Å²) in [6, 6.07) is 16.0. The smallest absolute Gasteiger partial charge is 0.261 e. The lowest BCUT2D eigenvalue weighted by Crippen LogP contribution is -2.49. The molecule has 6 nitrogen and oxygen atoms in total. The maximum atomic E-state index is 12.9. The lowest BCUT2D eigenvalue weighted by molar-refractivity contribution is -0.142. The highest BCUT2D eigenvalue weighted by Crippen LogP contribution is 2.17. The van der Waals surface area contributed by atoms with Gasteiger partial charge in [0.2, 0.25) is 5.91 Å². The van der Waals surface area contributed by atoms with Crippen molar-refractivity contribution in [2.45, 2.75) is 39.3 Å². The van der Waals surface area contributed by atoms with Gasteiger partial charge in [0.15, 0.2) is 6.61 Å². The summed E-state index contributed by atoms with van der Waals surface area (Å²) in [7, 11) is 1.60. The van der Waals surface area contributed by atoms with E-state index < -0.39 is 6.04 Å². The number of rotatable bonds is 11.